The van der Waals surface area contributed by atoms with E-state index >= 15 is 0 Å². The first-order valence-corrected chi connectivity index (χ1v) is 6.86. The average Bonchev–Trinajstić information content (AvgIpc) is 3.18. The number of hydrogen-bond acceptors (Lipinski definition) is 3. The molecule has 0 heterocycles. The van der Waals surface area contributed by atoms with Gasteiger partial charge in [-0.25, -0.2) is 0 Å². The van der Waals surface area contributed by atoms with Crippen LogP contribution in [0.1, 0.15) is 24.0 Å². The summed E-state index contributed by atoms with van der Waals surface area (Å²) in [6.07, 6.45) is 2.33. The molecule has 1 aliphatic carbocycles. The molecule has 3 rings (SSSR count). The van der Waals surface area contributed by atoms with E-state index in [0.29, 0.717) is 18.8 Å². The van der Waals surface area contributed by atoms with E-state index in [1.165, 1.54) is 0 Å². The lowest BCUT2D eigenvalue weighted by molar-refractivity contribution is 0.151. The van der Waals surface area contributed by atoms with Crippen molar-refractivity contribution in [2.45, 2.75) is 31.5 Å². The third-order valence-electron chi connectivity index (χ3n) is 3.62. The molecule has 1 saturated carbocycles. The molecule has 104 valence electrons. The Hall–Kier alpha value is -2.00. The highest BCUT2D eigenvalue weighted by atomic mass is 16.5. The van der Waals surface area contributed by atoms with E-state index in [1.807, 2.05) is 42.5 Å². The second-order valence-corrected chi connectivity index (χ2v) is 5.48. The minimum absolute atomic E-state index is 0.132. The topological polar surface area (TPSA) is 49.7 Å². The van der Waals surface area contributed by atoms with E-state index in [-0.39, 0.29) is 5.75 Å². The van der Waals surface area contributed by atoms with E-state index in [0.717, 1.165) is 24.0 Å². The highest BCUT2D eigenvalue weighted by Crippen LogP contribution is 2.39. The zero-order valence-electron chi connectivity index (χ0n) is 11.2. The SMILES string of the molecule is Oc1ccc(CC2(O)CC2)cc1OCc1ccccc1. The van der Waals surface area contributed by atoms with Crippen molar-refractivity contribution < 1.29 is 14.9 Å². The molecule has 3 heteroatoms. The zero-order valence-corrected chi connectivity index (χ0v) is 11.2. The molecule has 0 aromatic heterocycles. The second kappa shape index (κ2) is 5.17. The van der Waals surface area contributed by atoms with Gasteiger partial charge in [0.15, 0.2) is 11.5 Å². The fourth-order valence-electron chi connectivity index (χ4n) is 2.22. The van der Waals surface area contributed by atoms with Gasteiger partial charge in [-0.2, -0.15) is 0 Å². The van der Waals surface area contributed by atoms with Crippen LogP contribution in [0.2, 0.25) is 0 Å². The van der Waals surface area contributed by atoms with Crippen molar-refractivity contribution in [1.82, 2.24) is 0 Å². The van der Waals surface area contributed by atoms with Crippen molar-refractivity contribution in [1.29, 1.82) is 0 Å². The van der Waals surface area contributed by atoms with Gasteiger partial charge in [-0.05, 0) is 36.1 Å². The molecular formula is C17H18O3. The maximum absolute atomic E-state index is 9.95. The van der Waals surface area contributed by atoms with Crippen LogP contribution in [-0.2, 0) is 13.0 Å². The fourth-order valence-corrected chi connectivity index (χ4v) is 2.22. The number of phenols is 1. The Morgan fingerprint density at radius 1 is 1.00 bits per heavy atom. The predicted octanol–water partition coefficient (Wildman–Crippen LogP) is 3.04. The molecule has 1 fully saturated rings. The van der Waals surface area contributed by atoms with Crippen LogP contribution in [0.5, 0.6) is 11.5 Å². The van der Waals surface area contributed by atoms with Crippen LogP contribution in [0.3, 0.4) is 0 Å². The van der Waals surface area contributed by atoms with Gasteiger partial charge in [-0.1, -0.05) is 36.4 Å². The van der Waals surface area contributed by atoms with Crippen molar-refractivity contribution in [3.8, 4) is 11.5 Å². The number of aliphatic hydroxyl groups is 1. The summed E-state index contributed by atoms with van der Waals surface area (Å²) in [4.78, 5) is 0. The van der Waals surface area contributed by atoms with E-state index in [9.17, 15) is 10.2 Å². The van der Waals surface area contributed by atoms with Crippen LogP contribution >= 0.6 is 0 Å². The Morgan fingerprint density at radius 2 is 1.75 bits per heavy atom. The van der Waals surface area contributed by atoms with Gasteiger partial charge in [0.25, 0.3) is 0 Å². The lowest BCUT2D eigenvalue weighted by Gasteiger charge is -2.12. The lowest BCUT2D eigenvalue weighted by Crippen LogP contribution is -2.10. The molecule has 0 radical (unpaired) electrons. The number of rotatable bonds is 5. The summed E-state index contributed by atoms with van der Waals surface area (Å²) < 4.78 is 5.67. The second-order valence-electron chi connectivity index (χ2n) is 5.48. The van der Waals surface area contributed by atoms with Crippen molar-refractivity contribution in [3.63, 3.8) is 0 Å². The number of hydrogen-bond donors (Lipinski definition) is 2. The summed E-state index contributed by atoms with van der Waals surface area (Å²) in [7, 11) is 0. The summed E-state index contributed by atoms with van der Waals surface area (Å²) in [5.74, 6) is 0.600. The van der Waals surface area contributed by atoms with Crippen LogP contribution in [0, 0.1) is 0 Å². The highest BCUT2D eigenvalue weighted by Gasteiger charge is 2.40. The first-order valence-electron chi connectivity index (χ1n) is 6.86. The van der Waals surface area contributed by atoms with Gasteiger partial charge >= 0.3 is 0 Å². The quantitative estimate of drug-likeness (QED) is 0.878. The van der Waals surface area contributed by atoms with Gasteiger partial charge in [-0.3, -0.25) is 0 Å². The molecule has 2 aromatic carbocycles. The lowest BCUT2D eigenvalue weighted by atomic mass is 10.1. The Kier molecular flexibility index (Phi) is 3.36. The summed E-state index contributed by atoms with van der Waals surface area (Å²) >= 11 is 0. The molecule has 0 spiro atoms. The van der Waals surface area contributed by atoms with Crippen LogP contribution < -0.4 is 4.74 Å². The van der Waals surface area contributed by atoms with Gasteiger partial charge in [0.05, 0.1) is 5.60 Å². The Morgan fingerprint density at radius 3 is 2.45 bits per heavy atom. The smallest absolute Gasteiger partial charge is 0.161 e. The summed E-state index contributed by atoms with van der Waals surface area (Å²) in [6, 6.07) is 15.1. The normalized spacial score (nSPS) is 15.8. The van der Waals surface area contributed by atoms with Crippen LogP contribution in [0.15, 0.2) is 48.5 Å². The molecule has 20 heavy (non-hydrogen) atoms. The molecule has 2 aromatic rings. The molecule has 0 bridgehead atoms. The van der Waals surface area contributed by atoms with Crippen molar-refractivity contribution in [3.05, 3.63) is 59.7 Å². The van der Waals surface area contributed by atoms with Crippen molar-refractivity contribution >= 4 is 0 Å². The van der Waals surface area contributed by atoms with Crippen LogP contribution in [0.25, 0.3) is 0 Å². The summed E-state index contributed by atoms with van der Waals surface area (Å²) in [6.45, 7) is 0.419. The van der Waals surface area contributed by atoms with E-state index < -0.39 is 5.60 Å². The third kappa shape index (κ3) is 3.11. The molecule has 3 nitrogen and oxygen atoms in total. The summed E-state index contributed by atoms with van der Waals surface area (Å²) in [5, 5.41) is 19.8. The van der Waals surface area contributed by atoms with E-state index in [4.69, 9.17) is 4.74 Å². The van der Waals surface area contributed by atoms with Gasteiger partial charge in [-0.15, -0.1) is 0 Å². The van der Waals surface area contributed by atoms with Crippen molar-refractivity contribution in [2.24, 2.45) is 0 Å². The molecule has 0 aliphatic heterocycles. The number of benzene rings is 2. The number of aromatic hydroxyl groups is 1. The average molecular weight is 270 g/mol. The van der Waals surface area contributed by atoms with Crippen LogP contribution in [0.4, 0.5) is 0 Å². The molecule has 0 saturated heterocycles. The monoisotopic (exact) mass is 270 g/mol. The molecule has 0 amide bonds. The highest BCUT2D eigenvalue weighted by molar-refractivity contribution is 5.42. The molecule has 1 aliphatic rings. The Labute approximate surface area is 118 Å². The molecule has 0 unspecified atom stereocenters. The van der Waals surface area contributed by atoms with Crippen LogP contribution in [-0.4, -0.2) is 15.8 Å². The Bertz CT molecular complexity index is 588. The first-order chi connectivity index (χ1) is 9.65. The standard InChI is InChI=1S/C17H18O3/c18-15-7-6-14(11-17(19)8-9-17)10-16(15)20-12-13-4-2-1-3-5-13/h1-7,10,18-19H,8-9,11-12H2. The van der Waals surface area contributed by atoms with E-state index in [2.05, 4.69) is 0 Å². The van der Waals surface area contributed by atoms with E-state index in [1.54, 1.807) is 6.07 Å². The zero-order chi connectivity index (χ0) is 14.0. The largest absolute Gasteiger partial charge is 0.504 e. The number of phenolic OH excluding ortho intramolecular Hbond substituents is 1. The predicted molar refractivity (Wildman–Crippen MR) is 76.8 cm³/mol. The molecule has 2 N–H and O–H groups in total. The minimum atomic E-state index is -0.534. The van der Waals surface area contributed by atoms with Gasteiger partial charge < -0.3 is 14.9 Å². The third-order valence-corrected chi connectivity index (χ3v) is 3.62. The first kappa shape index (κ1) is 13.0. The Balaban J connectivity index is 1.70. The minimum Gasteiger partial charge on any atom is -0.504 e. The number of ether oxygens (including phenoxy) is 1. The molecule has 0 atom stereocenters. The fraction of sp³-hybridized carbons (Fsp3) is 0.294. The maximum atomic E-state index is 9.95. The summed E-state index contributed by atoms with van der Waals surface area (Å²) in [5.41, 5.74) is 1.51. The van der Waals surface area contributed by atoms with Gasteiger partial charge in [0.2, 0.25) is 0 Å². The maximum Gasteiger partial charge on any atom is 0.161 e. The molecular weight excluding hydrogens is 252 g/mol. The van der Waals surface area contributed by atoms with Crippen molar-refractivity contribution in [2.75, 3.05) is 0 Å². The van der Waals surface area contributed by atoms with Gasteiger partial charge in [0, 0.05) is 6.42 Å². The van der Waals surface area contributed by atoms with Gasteiger partial charge in [0.1, 0.15) is 6.61 Å².